The molecule has 2 aromatic carbocycles. The van der Waals surface area contributed by atoms with Crippen molar-refractivity contribution in [3.63, 3.8) is 0 Å². The summed E-state index contributed by atoms with van der Waals surface area (Å²) in [6.45, 7) is 3.15. The van der Waals surface area contributed by atoms with Crippen LogP contribution in [0.3, 0.4) is 0 Å². The fraction of sp³-hybridized carbons (Fsp3) is 0.556. The molecule has 0 aliphatic heterocycles. The van der Waals surface area contributed by atoms with E-state index in [2.05, 4.69) is 0 Å². The molecule has 3 nitrogen and oxygen atoms in total. The fourth-order valence-electron chi connectivity index (χ4n) is 4.67. The molecule has 2 aromatic rings. The van der Waals surface area contributed by atoms with Crippen LogP contribution in [-0.4, -0.2) is 42.6 Å². The van der Waals surface area contributed by atoms with Crippen LogP contribution >= 0.6 is 0 Å². The van der Waals surface area contributed by atoms with Crippen LogP contribution in [0.15, 0.2) is 48.5 Å². The van der Waals surface area contributed by atoms with Gasteiger partial charge in [-0.1, -0.05) is 32.0 Å². The molecule has 11 heteroatoms. The normalized spacial score (nSPS) is 19.9. The maximum atomic E-state index is 13.8. The molecule has 1 aliphatic carbocycles. The number of aliphatic hydroxyl groups is 1. The highest BCUT2D eigenvalue weighted by Crippen LogP contribution is 2.47. The lowest BCUT2D eigenvalue weighted by Gasteiger charge is -2.37. The zero-order valence-electron chi connectivity index (χ0n) is 21.0. The zero-order chi connectivity index (χ0) is 28.3. The number of hydrogen-bond acceptors (Lipinski definition) is 3. The highest BCUT2D eigenvalue weighted by atomic mass is 19.4. The number of anilines is 1. The standard InChI is InChI=1S/C27H31F8NO2/c1-17(2)19-5-3-7-22(13-19)38-23-8-4-6-21(14-23)36(16-24(37)26(30,31)32)15-18-9-11-20(12-10-18)25(28,29)27(33,34)35/h3-8,13-14,17-18,20,24,37H,9-12,15-16H2,1-2H3. The Morgan fingerprint density at radius 1 is 0.868 bits per heavy atom. The van der Waals surface area contributed by atoms with Crippen LogP contribution in [0.5, 0.6) is 11.5 Å². The van der Waals surface area contributed by atoms with Crippen molar-refractivity contribution >= 4 is 5.69 Å². The maximum absolute atomic E-state index is 13.8. The maximum Gasteiger partial charge on any atom is 0.453 e. The summed E-state index contributed by atoms with van der Waals surface area (Å²) in [5.74, 6) is -6.00. The second-order valence-corrected chi connectivity index (χ2v) is 10.1. The van der Waals surface area contributed by atoms with E-state index in [9.17, 15) is 40.2 Å². The van der Waals surface area contributed by atoms with Crippen molar-refractivity contribution in [3.8, 4) is 11.5 Å². The topological polar surface area (TPSA) is 32.7 Å². The van der Waals surface area contributed by atoms with Crippen molar-refractivity contribution in [1.29, 1.82) is 0 Å². The van der Waals surface area contributed by atoms with Gasteiger partial charge in [-0.05, 0) is 67.3 Å². The van der Waals surface area contributed by atoms with Crippen molar-refractivity contribution < 1.29 is 45.0 Å². The molecule has 212 valence electrons. The van der Waals surface area contributed by atoms with Crippen LogP contribution in [-0.2, 0) is 0 Å². The summed E-state index contributed by atoms with van der Waals surface area (Å²) in [4.78, 5) is 1.28. The summed E-state index contributed by atoms with van der Waals surface area (Å²) in [5, 5.41) is 9.75. The zero-order valence-corrected chi connectivity index (χ0v) is 21.0. The number of halogens is 8. The van der Waals surface area contributed by atoms with Gasteiger partial charge in [-0.15, -0.1) is 0 Å². The van der Waals surface area contributed by atoms with E-state index < -0.39 is 55.6 Å². The smallest absolute Gasteiger partial charge is 0.453 e. The van der Waals surface area contributed by atoms with Gasteiger partial charge in [-0.2, -0.15) is 35.1 Å². The van der Waals surface area contributed by atoms with Gasteiger partial charge in [0.05, 0.1) is 6.54 Å². The van der Waals surface area contributed by atoms with E-state index in [1.54, 1.807) is 18.2 Å². The molecule has 0 radical (unpaired) electrons. The Bertz CT molecular complexity index is 1050. The quantitative estimate of drug-likeness (QED) is 0.317. The van der Waals surface area contributed by atoms with E-state index in [0.717, 1.165) is 5.56 Å². The third kappa shape index (κ3) is 7.51. The molecule has 3 rings (SSSR count). The van der Waals surface area contributed by atoms with Gasteiger partial charge in [-0.25, -0.2) is 0 Å². The summed E-state index contributed by atoms with van der Waals surface area (Å²) >= 11 is 0. The molecule has 0 amide bonds. The first-order valence-electron chi connectivity index (χ1n) is 12.4. The number of alkyl halides is 8. The Labute approximate surface area is 216 Å². The van der Waals surface area contributed by atoms with Crippen molar-refractivity contribution in [2.45, 2.75) is 69.8 Å². The minimum atomic E-state index is -5.65. The van der Waals surface area contributed by atoms with Crippen molar-refractivity contribution in [2.75, 3.05) is 18.0 Å². The Hall–Kier alpha value is -2.56. The molecule has 0 aromatic heterocycles. The molecule has 0 saturated heterocycles. The van der Waals surface area contributed by atoms with E-state index in [4.69, 9.17) is 4.74 Å². The van der Waals surface area contributed by atoms with Crippen molar-refractivity contribution in [3.05, 3.63) is 54.1 Å². The highest BCUT2D eigenvalue weighted by molar-refractivity contribution is 5.52. The molecular formula is C27H31F8NO2. The second kappa shape index (κ2) is 11.7. The summed E-state index contributed by atoms with van der Waals surface area (Å²) in [6.07, 6.45) is -14.0. The van der Waals surface area contributed by atoms with Gasteiger partial charge in [0.15, 0.2) is 6.10 Å². The summed E-state index contributed by atoms with van der Waals surface area (Å²) in [7, 11) is 0. The number of rotatable bonds is 9. The van der Waals surface area contributed by atoms with Crippen LogP contribution in [0.2, 0.25) is 0 Å². The number of benzene rings is 2. The molecule has 0 heterocycles. The minimum absolute atomic E-state index is 0.00681. The average Bonchev–Trinajstić information content (AvgIpc) is 2.83. The molecule has 1 atom stereocenters. The first-order valence-corrected chi connectivity index (χ1v) is 12.4. The SMILES string of the molecule is CC(C)c1cccc(Oc2cccc(N(CC3CCC(C(F)(F)C(F)(F)F)CC3)CC(O)C(F)(F)F)c2)c1. The van der Waals surface area contributed by atoms with Crippen LogP contribution in [0, 0.1) is 11.8 Å². The average molecular weight is 554 g/mol. The van der Waals surface area contributed by atoms with Gasteiger partial charge in [0, 0.05) is 24.2 Å². The molecular weight excluding hydrogens is 522 g/mol. The Balaban J connectivity index is 1.77. The van der Waals surface area contributed by atoms with E-state index in [1.165, 1.54) is 17.0 Å². The van der Waals surface area contributed by atoms with E-state index >= 15 is 0 Å². The van der Waals surface area contributed by atoms with Gasteiger partial charge in [0.2, 0.25) is 0 Å². The molecule has 0 spiro atoms. The predicted octanol–water partition coefficient (Wildman–Crippen LogP) is 8.34. The van der Waals surface area contributed by atoms with Crippen LogP contribution in [0.4, 0.5) is 40.8 Å². The van der Waals surface area contributed by atoms with Gasteiger partial charge in [0.1, 0.15) is 11.5 Å². The Kier molecular flexibility index (Phi) is 9.21. The first-order chi connectivity index (χ1) is 17.6. The summed E-state index contributed by atoms with van der Waals surface area (Å²) in [5.41, 5.74) is 1.33. The number of ether oxygens (including phenoxy) is 1. The monoisotopic (exact) mass is 553 g/mol. The lowest BCUT2D eigenvalue weighted by Crippen LogP contribution is -2.46. The van der Waals surface area contributed by atoms with Crippen LogP contribution in [0.25, 0.3) is 0 Å². The lowest BCUT2D eigenvalue weighted by molar-refractivity contribution is -0.306. The summed E-state index contributed by atoms with van der Waals surface area (Å²) < 4.78 is 111. The third-order valence-corrected chi connectivity index (χ3v) is 6.93. The van der Waals surface area contributed by atoms with Crippen LogP contribution in [0.1, 0.15) is 51.0 Å². The molecule has 0 bridgehead atoms. The van der Waals surface area contributed by atoms with E-state index in [-0.39, 0.29) is 25.3 Å². The lowest BCUT2D eigenvalue weighted by atomic mass is 9.78. The fourth-order valence-corrected chi connectivity index (χ4v) is 4.67. The van der Waals surface area contributed by atoms with Crippen molar-refractivity contribution in [2.24, 2.45) is 11.8 Å². The van der Waals surface area contributed by atoms with Gasteiger partial charge in [-0.3, -0.25) is 0 Å². The molecule has 38 heavy (non-hydrogen) atoms. The Morgan fingerprint density at radius 3 is 2.00 bits per heavy atom. The van der Waals surface area contributed by atoms with Gasteiger partial charge < -0.3 is 14.7 Å². The molecule has 1 fully saturated rings. The largest absolute Gasteiger partial charge is 0.457 e. The minimum Gasteiger partial charge on any atom is -0.457 e. The first kappa shape index (κ1) is 30.0. The Morgan fingerprint density at radius 2 is 1.45 bits per heavy atom. The third-order valence-electron chi connectivity index (χ3n) is 6.93. The summed E-state index contributed by atoms with van der Waals surface area (Å²) in [6, 6.07) is 13.6. The van der Waals surface area contributed by atoms with Gasteiger partial charge >= 0.3 is 18.3 Å². The highest BCUT2D eigenvalue weighted by Gasteiger charge is 2.62. The van der Waals surface area contributed by atoms with E-state index in [0.29, 0.717) is 17.2 Å². The van der Waals surface area contributed by atoms with Crippen LogP contribution < -0.4 is 9.64 Å². The molecule has 1 unspecified atom stereocenters. The predicted molar refractivity (Wildman–Crippen MR) is 128 cm³/mol. The van der Waals surface area contributed by atoms with E-state index in [1.807, 2.05) is 32.0 Å². The second-order valence-electron chi connectivity index (χ2n) is 10.1. The number of hydrogen-bond donors (Lipinski definition) is 1. The number of nitrogens with zero attached hydrogens (tertiary/aromatic N) is 1. The molecule has 1 aliphatic rings. The molecule has 1 N–H and O–H groups in total. The van der Waals surface area contributed by atoms with Gasteiger partial charge in [0.25, 0.3) is 0 Å². The molecule has 1 saturated carbocycles. The number of aliphatic hydroxyl groups excluding tert-OH is 1. The van der Waals surface area contributed by atoms with Crippen molar-refractivity contribution in [1.82, 2.24) is 0 Å².